The Labute approximate surface area is 128 Å². The van der Waals surface area contributed by atoms with Crippen molar-refractivity contribution in [2.75, 3.05) is 13.2 Å². The van der Waals surface area contributed by atoms with Crippen molar-refractivity contribution in [1.82, 2.24) is 10.2 Å². The molecule has 4 nitrogen and oxygen atoms in total. The molecule has 0 aromatic heterocycles. The maximum Gasteiger partial charge on any atom is 0.225 e. The number of hydrogen-bond acceptors (Lipinski definition) is 3. The third kappa shape index (κ3) is 3.78. The SMILES string of the molecule is CCCN(C(=O)CC1CCCCO1)C1CC2CCC(C1)N2. The molecule has 0 aromatic rings. The summed E-state index contributed by atoms with van der Waals surface area (Å²) >= 11 is 0. The zero-order valence-corrected chi connectivity index (χ0v) is 13.4. The first kappa shape index (κ1) is 15.3. The molecule has 3 unspecified atom stereocenters. The Bertz CT molecular complexity index is 343. The molecule has 3 fully saturated rings. The van der Waals surface area contributed by atoms with E-state index in [2.05, 4.69) is 17.1 Å². The van der Waals surface area contributed by atoms with Crippen LogP contribution in [0.2, 0.25) is 0 Å². The van der Waals surface area contributed by atoms with Gasteiger partial charge in [-0.15, -0.1) is 0 Å². The highest BCUT2D eigenvalue weighted by molar-refractivity contribution is 5.77. The Morgan fingerprint density at radius 2 is 1.95 bits per heavy atom. The summed E-state index contributed by atoms with van der Waals surface area (Å²) < 4.78 is 5.76. The molecule has 0 radical (unpaired) electrons. The van der Waals surface area contributed by atoms with Crippen molar-refractivity contribution < 1.29 is 9.53 Å². The summed E-state index contributed by atoms with van der Waals surface area (Å²) in [4.78, 5) is 14.9. The highest BCUT2D eigenvalue weighted by Crippen LogP contribution is 2.30. The average Bonchev–Trinajstić information content (AvgIpc) is 2.84. The van der Waals surface area contributed by atoms with Crippen LogP contribution in [0.25, 0.3) is 0 Å². The van der Waals surface area contributed by atoms with Crippen LogP contribution in [0.4, 0.5) is 0 Å². The van der Waals surface area contributed by atoms with Gasteiger partial charge in [0.2, 0.25) is 5.91 Å². The van der Waals surface area contributed by atoms with Gasteiger partial charge in [-0.3, -0.25) is 4.79 Å². The molecule has 3 aliphatic rings. The van der Waals surface area contributed by atoms with Gasteiger partial charge in [0.05, 0.1) is 12.5 Å². The van der Waals surface area contributed by atoms with E-state index in [0.29, 0.717) is 30.5 Å². The minimum atomic E-state index is 0.170. The Hall–Kier alpha value is -0.610. The van der Waals surface area contributed by atoms with Crippen molar-refractivity contribution in [2.24, 2.45) is 0 Å². The fourth-order valence-corrected chi connectivity index (χ4v) is 4.31. The molecule has 3 atom stereocenters. The zero-order chi connectivity index (χ0) is 14.7. The molecule has 0 spiro atoms. The topological polar surface area (TPSA) is 41.6 Å². The Morgan fingerprint density at radius 3 is 2.57 bits per heavy atom. The third-order valence-corrected chi connectivity index (χ3v) is 5.35. The standard InChI is InChI=1S/C17H30N2O2/c1-2-8-19(15-10-13-6-7-14(11-15)18-13)17(20)12-16-5-3-4-9-21-16/h13-16,18H,2-12H2,1H3. The first-order valence-corrected chi connectivity index (χ1v) is 8.93. The van der Waals surface area contributed by atoms with E-state index in [4.69, 9.17) is 4.74 Å². The van der Waals surface area contributed by atoms with E-state index in [1.165, 1.54) is 19.3 Å². The van der Waals surface area contributed by atoms with Gasteiger partial charge in [-0.2, -0.15) is 0 Å². The molecule has 21 heavy (non-hydrogen) atoms. The number of piperidine rings is 1. The monoisotopic (exact) mass is 294 g/mol. The van der Waals surface area contributed by atoms with Gasteiger partial charge in [0.15, 0.2) is 0 Å². The first-order valence-electron chi connectivity index (χ1n) is 8.93. The molecular formula is C17H30N2O2. The van der Waals surface area contributed by atoms with Crippen molar-refractivity contribution in [1.29, 1.82) is 0 Å². The van der Waals surface area contributed by atoms with E-state index in [1.807, 2.05) is 0 Å². The van der Waals surface area contributed by atoms with E-state index < -0.39 is 0 Å². The summed E-state index contributed by atoms with van der Waals surface area (Å²) in [5.41, 5.74) is 0. The number of fused-ring (bicyclic) bond motifs is 2. The number of rotatable bonds is 5. The number of nitrogens with zero attached hydrogens (tertiary/aromatic N) is 1. The second kappa shape index (κ2) is 7.10. The molecule has 1 amide bonds. The number of hydrogen-bond donors (Lipinski definition) is 1. The van der Waals surface area contributed by atoms with Crippen LogP contribution in [-0.4, -0.2) is 48.2 Å². The highest BCUT2D eigenvalue weighted by Gasteiger charge is 2.37. The molecule has 1 N–H and O–H groups in total. The second-order valence-electron chi connectivity index (χ2n) is 7.04. The van der Waals surface area contributed by atoms with Crippen LogP contribution in [0.3, 0.4) is 0 Å². The molecule has 2 bridgehead atoms. The van der Waals surface area contributed by atoms with Crippen LogP contribution < -0.4 is 5.32 Å². The molecule has 3 heterocycles. The lowest BCUT2D eigenvalue weighted by Crippen LogP contribution is -2.51. The first-order chi connectivity index (χ1) is 10.3. The van der Waals surface area contributed by atoms with Gasteiger partial charge in [0, 0.05) is 31.3 Å². The molecule has 3 aliphatic heterocycles. The van der Waals surface area contributed by atoms with Crippen LogP contribution in [0.15, 0.2) is 0 Å². The van der Waals surface area contributed by atoms with E-state index in [1.54, 1.807) is 0 Å². The fraction of sp³-hybridized carbons (Fsp3) is 0.941. The summed E-state index contributed by atoms with van der Waals surface area (Å²) in [7, 11) is 0. The van der Waals surface area contributed by atoms with Gasteiger partial charge in [-0.1, -0.05) is 6.92 Å². The number of carbonyl (C=O) groups is 1. The van der Waals surface area contributed by atoms with Gasteiger partial charge in [-0.05, 0) is 51.4 Å². The summed E-state index contributed by atoms with van der Waals surface area (Å²) in [6.45, 7) is 3.92. The maximum atomic E-state index is 12.8. The van der Waals surface area contributed by atoms with E-state index >= 15 is 0 Å². The van der Waals surface area contributed by atoms with Crippen molar-refractivity contribution >= 4 is 5.91 Å². The number of ether oxygens (including phenoxy) is 1. The molecule has 120 valence electrons. The van der Waals surface area contributed by atoms with Gasteiger partial charge >= 0.3 is 0 Å². The smallest absolute Gasteiger partial charge is 0.225 e. The highest BCUT2D eigenvalue weighted by atomic mass is 16.5. The summed E-state index contributed by atoms with van der Waals surface area (Å²) in [6, 6.07) is 1.75. The summed E-state index contributed by atoms with van der Waals surface area (Å²) in [5, 5.41) is 3.67. The Kier molecular flexibility index (Phi) is 5.17. The van der Waals surface area contributed by atoms with Crippen molar-refractivity contribution in [3.63, 3.8) is 0 Å². The van der Waals surface area contributed by atoms with Crippen molar-refractivity contribution in [3.05, 3.63) is 0 Å². The fourth-order valence-electron chi connectivity index (χ4n) is 4.31. The molecular weight excluding hydrogens is 264 g/mol. The lowest BCUT2D eigenvalue weighted by Gasteiger charge is -2.38. The minimum Gasteiger partial charge on any atom is -0.378 e. The minimum absolute atomic E-state index is 0.170. The van der Waals surface area contributed by atoms with Crippen LogP contribution >= 0.6 is 0 Å². The average molecular weight is 294 g/mol. The molecule has 3 saturated heterocycles. The second-order valence-corrected chi connectivity index (χ2v) is 7.04. The quantitative estimate of drug-likeness (QED) is 0.847. The summed E-state index contributed by atoms with van der Waals surface area (Å²) in [6.07, 6.45) is 10.1. The molecule has 4 heteroatoms. The number of carbonyl (C=O) groups excluding carboxylic acids is 1. The zero-order valence-electron chi connectivity index (χ0n) is 13.4. The molecule has 3 rings (SSSR count). The van der Waals surface area contributed by atoms with Crippen LogP contribution in [0.1, 0.15) is 64.7 Å². The molecule has 0 aliphatic carbocycles. The Morgan fingerprint density at radius 1 is 1.19 bits per heavy atom. The summed E-state index contributed by atoms with van der Waals surface area (Å²) in [5.74, 6) is 0.329. The third-order valence-electron chi connectivity index (χ3n) is 5.35. The van der Waals surface area contributed by atoms with E-state index in [0.717, 1.165) is 45.3 Å². The predicted molar refractivity (Wildman–Crippen MR) is 83.2 cm³/mol. The lowest BCUT2D eigenvalue weighted by molar-refractivity contribution is -0.138. The van der Waals surface area contributed by atoms with Crippen LogP contribution in [0, 0.1) is 0 Å². The lowest BCUT2D eigenvalue weighted by atomic mass is 9.97. The normalized spacial score (nSPS) is 35.7. The van der Waals surface area contributed by atoms with Gasteiger partial charge < -0.3 is 15.0 Å². The van der Waals surface area contributed by atoms with Crippen LogP contribution in [-0.2, 0) is 9.53 Å². The van der Waals surface area contributed by atoms with Crippen molar-refractivity contribution in [2.45, 2.75) is 88.9 Å². The Balaban J connectivity index is 1.58. The number of amides is 1. The van der Waals surface area contributed by atoms with Gasteiger partial charge in [0.25, 0.3) is 0 Å². The molecule has 0 saturated carbocycles. The predicted octanol–water partition coefficient (Wildman–Crippen LogP) is 2.47. The van der Waals surface area contributed by atoms with Gasteiger partial charge in [-0.25, -0.2) is 0 Å². The van der Waals surface area contributed by atoms with Gasteiger partial charge in [0.1, 0.15) is 0 Å². The largest absolute Gasteiger partial charge is 0.378 e. The van der Waals surface area contributed by atoms with Crippen LogP contribution in [0.5, 0.6) is 0 Å². The maximum absolute atomic E-state index is 12.8. The van der Waals surface area contributed by atoms with Crippen molar-refractivity contribution in [3.8, 4) is 0 Å². The number of nitrogens with one attached hydrogen (secondary N) is 1. The van der Waals surface area contributed by atoms with E-state index in [9.17, 15) is 4.79 Å². The molecule has 0 aromatic carbocycles. The van der Waals surface area contributed by atoms with E-state index in [-0.39, 0.29) is 6.10 Å².